The minimum atomic E-state index is -0.604. The molecule has 0 saturated carbocycles. The molecule has 9 nitrogen and oxygen atoms in total. The Labute approximate surface area is 264 Å². The van der Waals surface area contributed by atoms with Crippen molar-refractivity contribution < 1.29 is 38.1 Å². The number of carbonyl (C=O) groups is 4. The normalized spacial score (nSPS) is 10.4. The van der Waals surface area contributed by atoms with Crippen molar-refractivity contribution in [2.45, 2.75) is 40.5 Å². The molecule has 3 aromatic carbocycles. The van der Waals surface area contributed by atoms with E-state index in [0.717, 1.165) is 33.8 Å². The summed E-state index contributed by atoms with van der Waals surface area (Å²) in [5.41, 5.74) is 6.30. The maximum atomic E-state index is 12.6. The van der Waals surface area contributed by atoms with E-state index in [4.69, 9.17) is 18.9 Å². The Balaban J connectivity index is 1.73. The first-order valence-corrected chi connectivity index (χ1v) is 14.6. The third-order valence-corrected chi connectivity index (χ3v) is 6.84. The number of ether oxygens (including phenoxy) is 4. The van der Waals surface area contributed by atoms with Crippen LogP contribution in [-0.2, 0) is 39.8 Å². The van der Waals surface area contributed by atoms with Crippen LogP contribution in [0.5, 0.6) is 0 Å². The predicted molar refractivity (Wildman–Crippen MR) is 172 cm³/mol. The van der Waals surface area contributed by atoms with Crippen LogP contribution in [0.1, 0.15) is 47.3 Å². The number of hydrogen-bond donors (Lipinski definition) is 0. The van der Waals surface area contributed by atoms with E-state index in [-0.39, 0.29) is 44.0 Å². The van der Waals surface area contributed by atoms with Crippen LogP contribution in [0.15, 0.2) is 91.0 Å². The number of esters is 4. The Kier molecular flexibility index (Phi) is 12.7. The van der Waals surface area contributed by atoms with E-state index in [1.807, 2.05) is 56.3 Å². The Hall–Kier alpha value is -5.18. The van der Waals surface area contributed by atoms with E-state index in [1.54, 1.807) is 26.0 Å². The van der Waals surface area contributed by atoms with Crippen molar-refractivity contribution in [2.75, 3.05) is 31.3 Å². The van der Waals surface area contributed by atoms with Gasteiger partial charge in [0.15, 0.2) is 0 Å². The fourth-order valence-electron chi connectivity index (χ4n) is 4.18. The lowest BCUT2D eigenvalue weighted by atomic mass is 10.1. The molecule has 0 heterocycles. The van der Waals surface area contributed by atoms with Crippen LogP contribution in [-0.4, -0.2) is 50.3 Å². The minimum Gasteiger partial charge on any atom is -0.463 e. The topological polar surface area (TPSA) is 108 Å². The summed E-state index contributed by atoms with van der Waals surface area (Å²) >= 11 is 0. The van der Waals surface area contributed by atoms with Crippen molar-refractivity contribution in [1.29, 1.82) is 0 Å². The molecule has 0 atom stereocenters. The Bertz CT molecular complexity index is 1540. The second-order valence-corrected chi connectivity index (χ2v) is 10.2. The molecule has 0 fully saturated rings. The molecule has 0 aliphatic heterocycles. The van der Waals surface area contributed by atoms with Gasteiger partial charge in [0.05, 0.1) is 29.9 Å². The maximum Gasteiger partial charge on any atom is 0.338 e. The smallest absolute Gasteiger partial charge is 0.338 e. The molecule has 0 aromatic heterocycles. The van der Waals surface area contributed by atoms with Gasteiger partial charge >= 0.3 is 23.9 Å². The summed E-state index contributed by atoms with van der Waals surface area (Å²) in [7, 11) is 0. The first-order chi connectivity index (χ1) is 21.5. The van der Waals surface area contributed by atoms with E-state index in [9.17, 15) is 19.2 Å². The van der Waals surface area contributed by atoms with Crippen LogP contribution in [0.3, 0.4) is 0 Å². The standard InChI is InChI=1S/C36H39NO8/c1-7-42-34(39)26(5)22-44-33(38)20-12-28-10-16-30(17-11-28)37(32-15-9-24(3)25(4)21-32)31-18-13-29(14-19-31)36(41)45-23-27(6)35(40)43-8-2/h9-11,13-19,21H,5-8,12,20,22-23H2,1-4H3. The molecule has 236 valence electrons. The summed E-state index contributed by atoms with van der Waals surface area (Å²) < 4.78 is 20.1. The average Bonchev–Trinajstić information content (AvgIpc) is 3.04. The summed E-state index contributed by atoms with van der Waals surface area (Å²) in [5, 5.41) is 0. The molecule has 0 saturated heterocycles. The molecule has 3 aromatic rings. The number of benzene rings is 3. The second-order valence-electron chi connectivity index (χ2n) is 10.2. The Morgan fingerprint density at radius 1 is 0.644 bits per heavy atom. The average molecular weight is 614 g/mol. The van der Waals surface area contributed by atoms with Gasteiger partial charge in [-0.15, -0.1) is 0 Å². The fourth-order valence-corrected chi connectivity index (χ4v) is 4.18. The van der Waals surface area contributed by atoms with E-state index < -0.39 is 23.9 Å². The second kappa shape index (κ2) is 16.6. The first kappa shape index (κ1) is 34.3. The monoisotopic (exact) mass is 613 g/mol. The lowest BCUT2D eigenvalue weighted by Crippen LogP contribution is -2.15. The molecule has 0 radical (unpaired) electrons. The summed E-state index contributed by atoms with van der Waals surface area (Å²) in [6.07, 6.45) is 0.592. The highest BCUT2D eigenvalue weighted by atomic mass is 16.6. The highest BCUT2D eigenvalue weighted by Gasteiger charge is 2.17. The van der Waals surface area contributed by atoms with Crippen LogP contribution in [0.2, 0.25) is 0 Å². The van der Waals surface area contributed by atoms with Gasteiger partial charge in [-0.05, 0) is 99.3 Å². The van der Waals surface area contributed by atoms with Crippen LogP contribution in [0, 0.1) is 13.8 Å². The van der Waals surface area contributed by atoms with Gasteiger partial charge < -0.3 is 23.8 Å². The van der Waals surface area contributed by atoms with E-state index >= 15 is 0 Å². The van der Waals surface area contributed by atoms with Crippen molar-refractivity contribution in [1.82, 2.24) is 0 Å². The lowest BCUT2D eigenvalue weighted by Gasteiger charge is -2.26. The molecule has 0 spiro atoms. The molecule has 0 N–H and O–H groups in total. The zero-order valence-electron chi connectivity index (χ0n) is 26.2. The molecule has 45 heavy (non-hydrogen) atoms. The third-order valence-electron chi connectivity index (χ3n) is 6.84. The zero-order valence-corrected chi connectivity index (χ0v) is 26.2. The van der Waals surface area contributed by atoms with Gasteiger partial charge in [0.2, 0.25) is 0 Å². The van der Waals surface area contributed by atoms with Gasteiger partial charge in [-0.25, -0.2) is 14.4 Å². The SMILES string of the molecule is C=C(COC(=O)CCc1ccc(N(c2ccc(C(=O)OCC(=C)C(=O)OCC)cc2)c2ccc(C)c(C)c2)cc1)C(=O)OCC. The summed E-state index contributed by atoms with van der Waals surface area (Å²) in [6, 6.07) is 20.9. The van der Waals surface area contributed by atoms with Gasteiger partial charge in [-0.3, -0.25) is 4.79 Å². The van der Waals surface area contributed by atoms with Crippen LogP contribution in [0.25, 0.3) is 0 Å². The van der Waals surface area contributed by atoms with Crippen molar-refractivity contribution in [2.24, 2.45) is 0 Å². The number of anilines is 3. The van der Waals surface area contributed by atoms with Crippen LogP contribution >= 0.6 is 0 Å². The maximum absolute atomic E-state index is 12.6. The van der Waals surface area contributed by atoms with E-state index in [2.05, 4.69) is 30.2 Å². The van der Waals surface area contributed by atoms with Crippen molar-refractivity contribution in [3.8, 4) is 0 Å². The number of nitrogens with zero attached hydrogens (tertiary/aromatic N) is 1. The molecule has 0 unspecified atom stereocenters. The predicted octanol–water partition coefficient (Wildman–Crippen LogP) is 6.64. The summed E-state index contributed by atoms with van der Waals surface area (Å²) in [4.78, 5) is 50.3. The molecular formula is C36H39NO8. The molecule has 9 heteroatoms. The first-order valence-electron chi connectivity index (χ1n) is 14.6. The summed E-state index contributed by atoms with van der Waals surface area (Å²) in [5.74, 6) is -2.21. The van der Waals surface area contributed by atoms with E-state index in [0.29, 0.717) is 12.0 Å². The highest BCUT2D eigenvalue weighted by molar-refractivity contribution is 5.92. The third kappa shape index (κ3) is 9.92. The number of hydrogen-bond acceptors (Lipinski definition) is 9. The summed E-state index contributed by atoms with van der Waals surface area (Å²) in [6.45, 7) is 14.6. The highest BCUT2D eigenvalue weighted by Crippen LogP contribution is 2.35. The van der Waals surface area contributed by atoms with Crippen molar-refractivity contribution in [3.63, 3.8) is 0 Å². The quantitative estimate of drug-likeness (QED) is 0.106. The minimum absolute atomic E-state index is 0.0583. The van der Waals surface area contributed by atoms with Gasteiger partial charge in [0, 0.05) is 23.5 Å². The number of rotatable bonds is 15. The number of aryl methyl sites for hydroxylation is 3. The van der Waals surface area contributed by atoms with Gasteiger partial charge in [-0.2, -0.15) is 0 Å². The molecule has 3 rings (SSSR count). The van der Waals surface area contributed by atoms with Crippen LogP contribution < -0.4 is 4.90 Å². The molecule has 0 aliphatic rings. The lowest BCUT2D eigenvalue weighted by molar-refractivity contribution is -0.144. The van der Waals surface area contributed by atoms with E-state index in [1.165, 1.54) is 0 Å². The van der Waals surface area contributed by atoms with Crippen molar-refractivity contribution >= 4 is 40.9 Å². The molecular weight excluding hydrogens is 574 g/mol. The molecule has 0 aliphatic carbocycles. The van der Waals surface area contributed by atoms with Gasteiger partial charge in [0.25, 0.3) is 0 Å². The number of carbonyl (C=O) groups excluding carboxylic acids is 4. The van der Waals surface area contributed by atoms with Gasteiger partial charge in [-0.1, -0.05) is 31.4 Å². The molecule has 0 bridgehead atoms. The van der Waals surface area contributed by atoms with Crippen molar-refractivity contribution in [3.05, 3.63) is 113 Å². The zero-order chi connectivity index (χ0) is 32.9. The fraction of sp³-hybridized carbons (Fsp3) is 0.278. The van der Waals surface area contributed by atoms with Crippen LogP contribution in [0.4, 0.5) is 17.1 Å². The van der Waals surface area contributed by atoms with Gasteiger partial charge in [0.1, 0.15) is 13.2 Å². The Morgan fingerprint density at radius 2 is 1.16 bits per heavy atom. The largest absolute Gasteiger partial charge is 0.463 e. The molecule has 0 amide bonds. The Morgan fingerprint density at radius 3 is 1.69 bits per heavy atom.